The summed E-state index contributed by atoms with van der Waals surface area (Å²) in [4.78, 5) is 2.49. The Bertz CT molecular complexity index is 229. The van der Waals surface area contributed by atoms with Crippen LogP contribution in [0.4, 0.5) is 0 Å². The Kier molecular flexibility index (Phi) is 6.09. The molecule has 1 aliphatic carbocycles. The first-order chi connectivity index (χ1) is 8.38. The molecule has 0 spiro atoms. The summed E-state index contributed by atoms with van der Waals surface area (Å²) in [5, 5.41) is 9.38. The molecular weight excluding hydrogens is 224 g/mol. The topological polar surface area (TPSA) is 49.5 Å². The third-order valence-corrected chi connectivity index (χ3v) is 4.14. The highest BCUT2D eigenvalue weighted by Crippen LogP contribution is 2.32. The number of aliphatic hydroxyl groups is 1. The molecule has 1 rings (SSSR count). The fourth-order valence-electron chi connectivity index (χ4n) is 3.67. The highest BCUT2D eigenvalue weighted by Gasteiger charge is 2.36. The van der Waals surface area contributed by atoms with E-state index < -0.39 is 0 Å². The smallest absolute Gasteiger partial charge is 0.0558 e. The lowest BCUT2D eigenvalue weighted by Crippen LogP contribution is -2.58. The zero-order valence-electron chi connectivity index (χ0n) is 12.7. The molecule has 3 heteroatoms. The van der Waals surface area contributed by atoms with Crippen molar-refractivity contribution in [1.82, 2.24) is 4.90 Å². The van der Waals surface area contributed by atoms with E-state index in [0.29, 0.717) is 12.1 Å². The monoisotopic (exact) mass is 256 g/mol. The number of nitrogens with zero attached hydrogens (tertiary/aromatic N) is 1. The molecule has 0 aromatic rings. The standard InChI is InChI=1S/C15H32N2O/c1-12(16)14(15(2,3)4)17(10-11-18)13-8-6-5-7-9-13/h12-14,18H,5-11,16H2,1-4H3. The molecule has 1 aliphatic rings. The third-order valence-electron chi connectivity index (χ3n) is 4.14. The Labute approximate surface area is 113 Å². The first kappa shape index (κ1) is 15.9. The minimum atomic E-state index is 0.137. The van der Waals surface area contributed by atoms with Crippen molar-refractivity contribution in [3.63, 3.8) is 0 Å². The average Bonchev–Trinajstić information content (AvgIpc) is 2.27. The molecular formula is C15H32N2O. The van der Waals surface area contributed by atoms with Gasteiger partial charge in [0.25, 0.3) is 0 Å². The SMILES string of the molecule is CC(N)C(N(CCO)C1CCCCC1)C(C)(C)C. The molecule has 2 unspecified atom stereocenters. The van der Waals surface area contributed by atoms with Gasteiger partial charge in [0.15, 0.2) is 0 Å². The van der Waals surface area contributed by atoms with Crippen LogP contribution in [0.25, 0.3) is 0 Å². The van der Waals surface area contributed by atoms with Crippen molar-refractivity contribution < 1.29 is 5.11 Å². The summed E-state index contributed by atoms with van der Waals surface area (Å²) >= 11 is 0. The maximum atomic E-state index is 9.38. The van der Waals surface area contributed by atoms with Crippen molar-refractivity contribution in [2.24, 2.45) is 11.1 Å². The molecule has 0 aliphatic heterocycles. The second-order valence-electron chi connectivity index (χ2n) is 6.92. The van der Waals surface area contributed by atoms with Crippen molar-refractivity contribution in [1.29, 1.82) is 0 Å². The van der Waals surface area contributed by atoms with Crippen molar-refractivity contribution in [2.45, 2.75) is 77.9 Å². The lowest BCUT2D eigenvalue weighted by Gasteiger charge is -2.47. The van der Waals surface area contributed by atoms with E-state index in [-0.39, 0.29) is 18.1 Å². The van der Waals surface area contributed by atoms with Crippen LogP contribution in [0, 0.1) is 5.41 Å². The molecule has 0 amide bonds. The largest absolute Gasteiger partial charge is 0.395 e. The average molecular weight is 256 g/mol. The molecule has 108 valence electrons. The first-order valence-corrected chi connectivity index (χ1v) is 7.50. The maximum absolute atomic E-state index is 9.38. The van der Waals surface area contributed by atoms with Crippen molar-refractivity contribution >= 4 is 0 Å². The second kappa shape index (κ2) is 6.88. The van der Waals surface area contributed by atoms with E-state index in [1.54, 1.807) is 0 Å². The van der Waals surface area contributed by atoms with Gasteiger partial charge < -0.3 is 10.8 Å². The Morgan fingerprint density at radius 1 is 1.22 bits per heavy atom. The Morgan fingerprint density at radius 2 is 1.78 bits per heavy atom. The third kappa shape index (κ3) is 4.22. The first-order valence-electron chi connectivity index (χ1n) is 7.50. The van der Waals surface area contributed by atoms with Gasteiger partial charge in [-0.05, 0) is 25.2 Å². The molecule has 3 nitrogen and oxygen atoms in total. The van der Waals surface area contributed by atoms with Crippen LogP contribution in [0.2, 0.25) is 0 Å². The second-order valence-corrected chi connectivity index (χ2v) is 6.92. The Morgan fingerprint density at radius 3 is 2.17 bits per heavy atom. The van der Waals surface area contributed by atoms with E-state index in [2.05, 4.69) is 32.6 Å². The van der Waals surface area contributed by atoms with Gasteiger partial charge in [0, 0.05) is 24.7 Å². The summed E-state index contributed by atoms with van der Waals surface area (Å²) in [6.45, 7) is 9.86. The van der Waals surface area contributed by atoms with Gasteiger partial charge in [-0.25, -0.2) is 0 Å². The fourth-order valence-corrected chi connectivity index (χ4v) is 3.67. The summed E-state index contributed by atoms with van der Waals surface area (Å²) in [5.74, 6) is 0. The number of aliphatic hydroxyl groups excluding tert-OH is 1. The summed E-state index contributed by atoms with van der Waals surface area (Å²) < 4.78 is 0. The molecule has 0 bridgehead atoms. The van der Waals surface area contributed by atoms with Gasteiger partial charge >= 0.3 is 0 Å². The summed E-state index contributed by atoms with van der Waals surface area (Å²) in [6.07, 6.45) is 6.53. The highest BCUT2D eigenvalue weighted by molar-refractivity contribution is 4.92. The zero-order valence-corrected chi connectivity index (χ0v) is 12.7. The number of rotatable bonds is 5. The van der Waals surface area contributed by atoms with Crippen LogP contribution >= 0.6 is 0 Å². The Hall–Kier alpha value is -0.120. The lowest BCUT2D eigenvalue weighted by molar-refractivity contribution is 0.0168. The molecule has 1 saturated carbocycles. The normalized spacial score (nSPS) is 22.2. The predicted octanol–water partition coefficient (Wildman–Crippen LogP) is 2.38. The molecule has 3 N–H and O–H groups in total. The molecule has 0 heterocycles. The quantitative estimate of drug-likeness (QED) is 0.794. The lowest BCUT2D eigenvalue weighted by atomic mass is 9.79. The number of hydrogen-bond acceptors (Lipinski definition) is 3. The molecule has 0 aromatic heterocycles. The van der Waals surface area contributed by atoms with E-state index in [0.717, 1.165) is 6.54 Å². The van der Waals surface area contributed by atoms with Gasteiger partial charge in [-0.1, -0.05) is 40.0 Å². The van der Waals surface area contributed by atoms with Crippen molar-refractivity contribution in [3.8, 4) is 0 Å². The predicted molar refractivity (Wildman–Crippen MR) is 77.6 cm³/mol. The summed E-state index contributed by atoms with van der Waals surface area (Å²) in [7, 11) is 0. The van der Waals surface area contributed by atoms with Gasteiger partial charge in [0.2, 0.25) is 0 Å². The minimum absolute atomic E-state index is 0.137. The van der Waals surface area contributed by atoms with Crippen LogP contribution in [0.3, 0.4) is 0 Å². The van der Waals surface area contributed by atoms with E-state index in [4.69, 9.17) is 5.73 Å². The zero-order chi connectivity index (χ0) is 13.8. The van der Waals surface area contributed by atoms with Crippen molar-refractivity contribution in [2.75, 3.05) is 13.2 Å². The summed E-state index contributed by atoms with van der Waals surface area (Å²) in [6, 6.07) is 1.09. The molecule has 0 radical (unpaired) electrons. The van der Waals surface area contributed by atoms with Crippen LogP contribution in [0.5, 0.6) is 0 Å². The fraction of sp³-hybridized carbons (Fsp3) is 1.00. The molecule has 0 aromatic carbocycles. The van der Waals surface area contributed by atoms with Gasteiger partial charge in [0.1, 0.15) is 0 Å². The van der Waals surface area contributed by atoms with E-state index in [9.17, 15) is 5.11 Å². The van der Waals surface area contributed by atoms with Gasteiger partial charge in [-0.15, -0.1) is 0 Å². The maximum Gasteiger partial charge on any atom is 0.0558 e. The summed E-state index contributed by atoms with van der Waals surface area (Å²) in [5.41, 5.74) is 6.39. The van der Waals surface area contributed by atoms with Crippen LogP contribution < -0.4 is 5.73 Å². The molecule has 18 heavy (non-hydrogen) atoms. The van der Waals surface area contributed by atoms with Crippen LogP contribution in [-0.2, 0) is 0 Å². The molecule has 2 atom stereocenters. The highest BCUT2D eigenvalue weighted by atomic mass is 16.3. The molecule has 0 saturated heterocycles. The minimum Gasteiger partial charge on any atom is -0.395 e. The van der Waals surface area contributed by atoms with Gasteiger partial charge in [-0.2, -0.15) is 0 Å². The van der Waals surface area contributed by atoms with Crippen molar-refractivity contribution in [3.05, 3.63) is 0 Å². The van der Waals surface area contributed by atoms with Crippen LogP contribution in [-0.4, -0.2) is 41.3 Å². The van der Waals surface area contributed by atoms with E-state index in [1.165, 1.54) is 32.1 Å². The Balaban J connectivity index is 2.85. The van der Waals surface area contributed by atoms with E-state index >= 15 is 0 Å². The van der Waals surface area contributed by atoms with E-state index in [1.807, 2.05) is 0 Å². The number of nitrogens with two attached hydrogens (primary N) is 1. The molecule has 1 fully saturated rings. The van der Waals surface area contributed by atoms with Crippen LogP contribution in [0.1, 0.15) is 59.8 Å². The van der Waals surface area contributed by atoms with Gasteiger partial charge in [0.05, 0.1) is 6.61 Å². The van der Waals surface area contributed by atoms with Gasteiger partial charge in [-0.3, -0.25) is 4.90 Å². The number of hydrogen-bond donors (Lipinski definition) is 2. The van der Waals surface area contributed by atoms with Crippen LogP contribution in [0.15, 0.2) is 0 Å².